The van der Waals surface area contributed by atoms with Gasteiger partial charge in [0.1, 0.15) is 6.54 Å². The van der Waals surface area contributed by atoms with E-state index in [1.807, 2.05) is 6.08 Å². The van der Waals surface area contributed by atoms with E-state index in [0.29, 0.717) is 0 Å². The van der Waals surface area contributed by atoms with Gasteiger partial charge >= 0.3 is 0 Å². The van der Waals surface area contributed by atoms with Crippen LogP contribution in [0, 0.1) is 0 Å². The number of ketones is 1. The highest BCUT2D eigenvalue weighted by molar-refractivity contribution is 5.99. The monoisotopic (exact) mass is 311 g/mol. The number of nitrogens with zero attached hydrogens (tertiary/aromatic N) is 1. The quantitative estimate of drug-likeness (QED) is 0.265. The van der Waals surface area contributed by atoms with Gasteiger partial charge in [-0.05, 0) is 18.9 Å². The van der Waals surface area contributed by atoms with Gasteiger partial charge in [-0.15, -0.1) is 0 Å². The Balaban J connectivity index is 4.73. The fraction of sp³-hybridized carbons (Fsp3) is 0.647. The van der Waals surface area contributed by atoms with E-state index in [-0.39, 0.29) is 11.0 Å². The fourth-order valence-electron chi connectivity index (χ4n) is 2.23. The minimum atomic E-state index is -1.94. The van der Waals surface area contributed by atoms with E-state index in [1.54, 1.807) is 33.3 Å². The average molecular weight is 311 g/mol. The molecule has 126 valence electrons. The summed E-state index contributed by atoms with van der Waals surface area (Å²) in [5, 5.41) is 21.2. The lowest BCUT2D eigenvalue weighted by molar-refractivity contribution is -0.875. The summed E-state index contributed by atoms with van der Waals surface area (Å²) in [4.78, 5) is 23.0. The Labute approximate surface area is 133 Å². The second kappa shape index (κ2) is 9.54. The SMILES string of the molecule is CCCCC/C=C\C=C\C(=O)[C@@](O)(CC(=O)[O-])C[N+](C)(C)C. The van der Waals surface area contributed by atoms with Crippen LogP contribution in [-0.4, -0.2) is 54.6 Å². The number of hydrogen-bond acceptors (Lipinski definition) is 4. The van der Waals surface area contributed by atoms with Crippen molar-refractivity contribution < 1.29 is 24.3 Å². The Kier molecular flexibility index (Phi) is 8.90. The van der Waals surface area contributed by atoms with Crippen LogP contribution in [0.3, 0.4) is 0 Å². The molecular formula is C17H29NO4. The number of likely N-dealkylation sites (N-methyl/N-ethyl adjacent to an activating group) is 1. The number of carboxylic acids is 1. The molecule has 0 heterocycles. The number of quaternary nitrogens is 1. The lowest BCUT2D eigenvalue weighted by atomic mass is 9.92. The molecule has 0 aromatic carbocycles. The number of rotatable bonds is 11. The normalized spacial score (nSPS) is 15.3. The van der Waals surface area contributed by atoms with Crippen LogP contribution in [0.2, 0.25) is 0 Å². The number of aliphatic carboxylic acids is 1. The van der Waals surface area contributed by atoms with Crippen LogP contribution >= 0.6 is 0 Å². The molecule has 0 saturated carbocycles. The van der Waals surface area contributed by atoms with Crippen LogP contribution in [0.4, 0.5) is 0 Å². The number of hydrogen-bond donors (Lipinski definition) is 1. The molecule has 0 bridgehead atoms. The maximum absolute atomic E-state index is 12.1. The fourth-order valence-corrected chi connectivity index (χ4v) is 2.23. The molecule has 0 aromatic rings. The Morgan fingerprint density at radius 2 is 1.82 bits per heavy atom. The summed E-state index contributed by atoms with van der Waals surface area (Å²) >= 11 is 0. The third-order valence-electron chi connectivity index (χ3n) is 3.10. The highest BCUT2D eigenvalue weighted by Crippen LogP contribution is 2.16. The van der Waals surface area contributed by atoms with Gasteiger partial charge in [0, 0.05) is 12.4 Å². The molecule has 0 aliphatic rings. The zero-order valence-electron chi connectivity index (χ0n) is 14.2. The molecule has 5 nitrogen and oxygen atoms in total. The van der Waals surface area contributed by atoms with E-state index in [1.165, 1.54) is 12.5 Å². The minimum Gasteiger partial charge on any atom is -0.550 e. The van der Waals surface area contributed by atoms with Crippen molar-refractivity contribution in [3.05, 3.63) is 24.3 Å². The van der Waals surface area contributed by atoms with E-state index in [2.05, 4.69) is 6.92 Å². The van der Waals surface area contributed by atoms with Gasteiger partial charge in [0.15, 0.2) is 11.4 Å². The molecule has 5 heteroatoms. The van der Waals surface area contributed by atoms with Gasteiger partial charge in [0.25, 0.3) is 0 Å². The first-order chi connectivity index (χ1) is 10.1. The van der Waals surface area contributed by atoms with Crippen LogP contribution in [0.15, 0.2) is 24.3 Å². The number of carbonyl (C=O) groups excluding carboxylic acids is 2. The van der Waals surface area contributed by atoms with E-state index in [4.69, 9.17) is 0 Å². The smallest absolute Gasteiger partial charge is 0.193 e. The van der Waals surface area contributed by atoms with Crippen LogP contribution in [0.5, 0.6) is 0 Å². The maximum Gasteiger partial charge on any atom is 0.193 e. The zero-order valence-corrected chi connectivity index (χ0v) is 14.2. The molecule has 0 fully saturated rings. The molecule has 0 unspecified atom stereocenters. The molecule has 1 N–H and O–H groups in total. The van der Waals surface area contributed by atoms with Gasteiger partial charge < -0.3 is 19.5 Å². The van der Waals surface area contributed by atoms with Gasteiger partial charge in [0.05, 0.1) is 21.1 Å². The predicted molar refractivity (Wildman–Crippen MR) is 84.9 cm³/mol. The Bertz CT molecular complexity index is 421. The van der Waals surface area contributed by atoms with Crippen molar-refractivity contribution in [1.82, 2.24) is 0 Å². The topological polar surface area (TPSA) is 77.4 Å². The molecule has 0 amide bonds. The number of aliphatic hydroxyl groups is 1. The molecular weight excluding hydrogens is 282 g/mol. The van der Waals surface area contributed by atoms with Crippen molar-refractivity contribution in [1.29, 1.82) is 0 Å². The standard InChI is InChI=1S/C17H29NO4/c1-5-6-7-8-9-10-11-12-15(19)17(22,13-16(20)21)14-18(2,3)4/h9-12,22H,5-8,13-14H2,1-4H3/b10-9-,12-11+/t17-/m1/s1. The number of allylic oxidation sites excluding steroid dienone is 3. The van der Waals surface area contributed by atoms with Crippen molar-refractivity contribution in [2.24, 2.45) is 0 Å². The molecule has 0 aromatic heterocycles. The Hall–Kier alpha value is -1.46. The van der Waals surface area contributed by atoms with Crippen LogP contribution in [0.1, 0.15) is 39.0 Å². The predicted octanol–water partition coefficient (Wildman–Crippen LogP) is 0.825. The summed E-state index contributed by atoms with van der Waals surface area (Å²) in [5.41, 5.74) is -1.94. The lowest BCUT2D eigenvalue weighted by Crippen LogP contribution is -2.55. The van der Waals surface area contributed by atoms with Crippen molar-refractivity contribution in [3.8, 4) is 0 Å². The first kappa shape index (κ1) is 20.5. The summed E-state index contributed by atoms with van der Waals surface area (Å²) in [5.74, 6) is -2.05. The Morgan fingerprint density at radius 3 is 2.32 bits per heavy atom. The van der Waals surface area contributed by atoms with Gasteiger partial charge in [0.2, 0.25) is 0 Å². The summed E-state index contributed by atoms with van der Waals surface area (Å²) in [6.45, 7) is 2.14. The zero-order chi connectivity index (χ0) is 17.2. The van der Waals surface area contributed by atoms with Gasteiger partial charge in [-0.25, -0.2) is 0 Å². The summed E-state index contributed by atoms with van der Waals surface area (Å²) < 4.78 is 0.274. The second-order valence-corrected chi connectivity index (χ2v) is 6.68. The highest BCUT2D eigenvalue weighted by Gasteiger charge is 2.39. The largest absolute Gasteiger partial charge is 0.550 e. The first-order valence-corrected chi connectivity index (χ1v) is 7.71. The molecule has 0 radical (unpaired) electrons. The van der Waals surface area contributed by atoms with Crippen molar-refractivity contribution >= 4 is 11.8 Å². The lowest BCUT2D eigenvalue weighted by Gasteiger charge is -2.34. The average Bonchev–Trinajstić information content (AvgIpc) is 2.34. The van der Waals surface area contributed by atoms with Crippen LogP contribution < -0.4 is 5.11 Å². The van der Waals surface area contributed by atoms with Gasteiger partial charge in [-0.2, -0.15) is 0 Å². The maximum atomic E-state index is 12.1. The summed E-state index contributed by atoms with van der Waals surface area (Å²) in [7, 11) is 5.35. The van der Waals surface area contributed by atoms with E-state index >= 15 is 0 Å². The first-order valence-electron chi connectivity index (χ1n) is 7.71. The van der Waals surface area contributed by atoms with Crippen molar-refractivity contribution in [2.75, 3.05) is 27.7 Å². The van der Waals surface area contributed by atoms with E-state index in [9.17, 15) is 19.8 Å². The van der Waals surface area contributed by atoms with Crippen molar-refractivity contribution in [2.45, 2.75) is 44.6 Å². The molecule has 0 aliphatic carbocycles. The number of carbonyl (C=O) groups is 2. The third kappa shape index (κ3) is 9.47. The second-order valence-electron chi connectivity index (χ2n) is 6.68. The highest BCUT2D eigenvalue weighted by atomic mass is 16.4. The van der Waals surface area contributed by atoms with E-state index in [0.717, 1.165) is 19.3 Å². The molecule has 0 spiro atoms. The van der Waals surface area contributed by atoms with Crippen molar-refractivity contribution in [3.63, 3.8) is 0 Å². The molecule has 0 rings (SSSR count). The molecule has 1 atom stereocenters. The number of unbranched alkanes of at least 4 members (excludes halogenated alkanes) is 3. The Morgan fingerprint density at radius 1 is 1.18 bits per heavy atom. The van der Waals surface area contributed by atoms with Gasteiger partial charge in [-0.1, -0.05) is 38.0 Å². The number of carboxylic acid groups (broad SMARTS) is 1. The van der Waals surface area contributed by atoms with Gasteiger partial charge in [-0.3, -0.25) is 4.79 Å². The molecule has 0 saturated heterocycles. The van der Waals surface area contributed by atoms with Crippen LogP contribution in [-0.2, 0) is 9.59 Å². The minimum absolute atomic E-state index is 0.00433. The van der Waals surface area contributed by atoms with E-state index < -0.39 is 23.8 Å². The summed E-state index contributed by atoms with van der Waals surface area (Å²) in [6.07, 6.45) is 10.1. The third-order valence-corrected chi connectivity index (χ3v) is 3.10. The summed E-state index contributed by atoms with van der Waals surface area (Å²) in [6, 6.07) is 0. The molecule has 0 aliphatic heterocycles. The molecule has 22 heavy (non-hydrogen) atoms. The van der Waals surface area contributed by atoms with Crippen LogP contribution in [0.25, 0.3) is 0 Å².